The molecule has 1 aromatic heterocycles. The van der Waals surface area contributed by atoms with Gasteiger partial charge in [-0.3, -0.25) is 0 Å². The lowest BCUT2D eigenvalue weighted by Crippen LogP contribution is -2.37. The Bertz CT molecular complexity index is 488. The third-order valence-electron chi connectivity index (χ3n) is 4.15. The Hall–Kier alpha value is -1.85. The Morgan fingerprint density at radius 3 is 2.60 bits per heavy atom. The molecule has 0 radical (unpaired) electrons. The highest BCUT2D eigenvalue weighted by Crippen LogP contribution is 2.27. The summed E-state index contributed by atoms with van der Waals surface area (Å²) in [4.78, 5) is 24.0. The van der Waals surface area contributed by atoms with Crippen LogP contribution < -0.4 is 9.80 Å². The van der Waals surface area contributed by atoms with E-state index in [0.717, 1.165) is 37.7 Å². The van der Waals surface area contributed by atoms with Crippen LogP contribution in [0.4, 0.5) is 11.6 Å². The summed E-state index contributed by atoms with van der Waals surface area (Å²) in [5.74, 6) is 0.900. The fourth-order valence-corrected chi connectivity index (χ4v) is 3.09. The Balaban J connectivity index is 1.81. The van der Waals surface area contributed by atoms with Gasteiger partial charge in [-0.05, 0) is 32.1 Å². The summed E-state index contributed by atoms with van der Waals surface area (Å²) in [6.07, 6.45) is 6.82. The predicted octanol–water partition coefficient (Wildman–Crippen LogP) is 1.52. The van der Waals surface area contributed by atoms with Crippen LogP contribution >= 0.6 is 0 Å². The van der Waals surface area contributed by atoms with Crippen LogP contribution in [-0.2, 0) is 4.79 Å². The van der Waals surface area contributed by atoms with Crippen molar-refractivity contribution in [2.75, 3.05) is 29.4 Å². The van der Waals surface area contributed by atoms with Crippen LogP contribution in [-0.4, -0.2) is 46.7 Å². The third kappa shape index (κ3) is 2.55. The van der Waals surface area contributed by atoms with E-state index in [9.17, 15) is 9.90 Å². The second kappa shape index (κ2) is 5.64. The SMILES string of the molecule is O=C(O)C1CCCN1c1cc(N2CCCCC2)ncn1. The Morgan fingerprint density at radius 2 is 1.85 bits per heavy atom. The lowest BCUT2D eigenvalue weighted by Gasteiger charge is -2.29. The van der Waals surface area contributed by atoms with Gasteiger partial charge in [-0.25, -0.2) is 14.8 Å². The minimum absolute atomic E-state index is 0.445. The zero-order valence-corrected chi connectivity index (χ0v) is 11.5. The van der Waals surface area contributed by atoms with Crippen molar-refractivity contribution in [1.29, 1.82) is 0 Å². The van der Waals surface area contributed by atoms with Crippen molar-refractivity contribution in [2.45, 2.75) is 38.1 Å². The topological polar surface area (TPSA) is 69.6 Å². The highest BCUT2D eigenvalue weighted by Gasteiger charge is 2.31. The van der Waals surface area contributed by atoms with Gasteiger partial charge in [-0.15, -0.1) is 0 Å². The van der Waals surface area contributed by atoms with E-state index in [4.69, 9.17) is 0 Å². The zero-order valence-electron chi connectivity index (χ0n) is 11.5. The minimum Gasteiger partial charge on any atom is -0.480 e. The molecule has 0 spiro atoms. The Morgan fingerprint density at radius 1 is 1.10 bits per heavy atom. The summed E-state index contributed by atoms with van der Waals surface area (Å²) in [5, 5.41) is 9.27. The molecule has 2 aliphatic heterocycles. The maximum absolute atomic E-state index is 11.3. The summed E-state index contributed by atoms with van der Waals surface area (Å²) in [7, 11) is 0. The Kier molecular flexibility index (Phi) is 3.71. The third-order valence-corrected chi connectivity index (χ3v) is 4.15. The first-order chi connectivity index (χ1) is 9.75. The minimum atomic E-state index is -0.763. The van der Waals surface area contributed by atoms with Crippen LogP contribution in [0, 0.1) is 0 Å². The molecule has 1 atom stereocenters. The van der Waals surface area contributed by atoms with Crippen molar-refractivity contribution in [1.82, 2.24) is 9.97 Å². The highest BCUT2D eigenvalue weighted by molar-refractivity contribution is 5.78. The molecular weight excluding hydrogens is 256 g/mol. The fraction of sp³-hybridized carbons (Fsp3) is 0.643. The average Bonchev–Trinajstić information content (AvgIpc) is 2.98. The van der Waals surface area contributed by atoms with Crippen molar-refractivity contribution < 1.29 is 9.90 Å². The average molecular weight is 276 g/mol. The van der Waals surface area contributed by atoms with E-state index < -0.39 is 12.0 Å². The van der Waals surface area contributed by atoms with Crippen LogP contribution in [0.3, 0.4) is 0 Å². The van der Waals surface area contributed by atoms with Gasteiger partial charge in [0, 0.05) is 25.7 Å². The van der Waals surface area contributed by atoms with E-state index >= 15 is 0 Å². The summed E-state index contributed by atoms with van der Waals surface area (Å²) < 4.78 is 0. The van der Waals surface area contributed by atoms with E-state index in [2.05, 4.69) is 14.9 Å². The number of carboxylic acid groups (broad SMARTS) is 1. The number of carbonyl (C=O) groups is 1. The standard InChI is InChI=1S/C14H20N4O2/c19-14(20)11-5-4-8-18(11)13-9-12(15-10-16-13)17-6-2-1-3-7-17/h9-11H,1-8H2,(H,19,20). The smallest absolute Gasteiger partial charge is 0.326 e. The van der Waals surface area contributed by atoms with Gasteiger partial charge in [0.05, 0.1) is 0 Å². The number of anilines is 2. The fourth-order valence-electron chi connectivity index (χ4n) is 3.09. The van der Waals surface area contributed by atoms with E-state index in [0.29, 0.717) is 6.42 Å². The molecule has 0 aliphatic carbocycles. The summed E-state index contributed by atoms with van der Waals surface area (Å²) in [6.45, 7) is 2.81. The molecule has 2 saturated heterocycles. The molecule has 2 aliphatic rings. The zero-order chi connectivity index (χ0) is 13.9. The van der Waals surface area contributed by atoms with Crippen molar-refractivity contribution >= 4 is 17.6 Å². The van der Waals surface area contributed by atoms with E-state index in [-0.39, 0.29) is 0 Å². The van der Waals surface area contributed by atoms with E-state index in [1.165, 1.54) is 19.3 Å². The molecule has 2 fully saturated rings. The molecule has 1 unspecified atom stereocenters. The monoisotopic (exact) mass is 276 g/mol. The van der Waals surface area contributed by atoms with Crippen LogP contribution in [0.1, 0.15) is 32.1 Å². The number of nitrogens with zero attached hydrogens (tertiary/aromatic N) is 4. The van der Waals surface area contributed by atoms with Crippen molar-refractivity contribution in [3.63, 3.8) is 0 Å². The molecule has 0 saturated carbocycles. The molecule has 3 heterocycles. The second-order valence-corrected chi connectivity index (χ2v) is 5.47. The predicted molar refractivity (Wildman–Crippen MR) is 76.1 cm³/mol. The molecule has 0 bridgehead atoms. The number of aliphatic carboxylic acids is 1. The molecule has 1 aromatic rings. The van der Waals surface area contributed by atoms with Gasteiger partial charge in [0.25, 0.3) is 0 Å². The lowest BCUT2D eigenvalue weighted by molar-refractivity contribution is -0.138. The number of piperidine rings is 1. The van der Waals surface area contributed by atoms with Crippen LogP contribution in [0.2, 0.25) is 0 Å². The number of hydrogen-bond donors (Lipinski definition) is 1. The Labute approximate surface area is 118 Å². The van der Waals surface area contributed by atoms with Gasteiger partial charge < -0.3 is 14.9 Å². The molecular formula is C14H20N4O2. The summed E-state index contributed by atoms with van der Waals surface area (Å²) in [5.41, 5.74) is 0. The van der Waals surface area contributed by atoms with E-state index in [1.54, 1.807) is 6.33 Å². The number of aromatic nitrogens is 2. The van der Waals surface area contributed by atoms with Gasteiger partial charge in [0.1, 0.15) is 24.0 Å². The normalized spacial score (nSPS) is 23.1. The molecule has 6 nitrogen and oxygen atoms in total. The van der Waals surface area contributed by atoms with Gasteiger partial charge in [-0.1, -0.05) is 0 Å². The molecule has 3 rings (SSSR count). The van der Waals surface area contributed by atoms with Crippen LogP contribution in [0.25, 0.3) is 0 Å². The first-order valence-electron chi connectivity index (χ1n) is 7.32. The van der Waals surface area contributed by atoms with Gasteiger partial charge in [0.2, 0.25) is 0 Å². The molecule has 20 heavy (non-hydrogen) atoms. The number of hydrogen-bond acceptors (Lipinski definition) is 5. The number of carboxylic acids is 1. The first kappa shape index (κ1) is 13.1. The van der Waals surface area contributed by atoms with Gasteiger partial charge in [-0.2, -0.15) is 0 Å². The van der Waals surface area contributed by atoms with Crippen molar-refractivity contribution in [2.24, 2.45) is 0 Å². The maximum Gasteiger partial charge on any atom is 0.326 e. The number of rotatable bonds is 3. The van der Waals surface area contributed by atoms with Crippen LogP contribution in [0.15, 0.2) is 12.4 Å². The molecule has 0 aromatic carbocycles. The molecule has 1 N–H and O–H groups in total. The maximum atomic E-state index is 11.3. The first-order valence-corrected chi connectivity index (χ1v) is 7.32. The van der Waals surface area contributed by atoms with Crippen molar-refractivity contribution in [3.05, 3.63) is 12.4 Å². The largest absolute Gasteiger partial charge is 0.480 e. The second-order valence-electron chi connectivity index (χ2n) is 5.47. The van der Waals surface area contributed by atoms with E-state index in [1.807, 2.05) is 11.0 Å². The molecule has 6 heteroatoms. The lowest BCUT2D eigenvalue weighted by atomic mass is 10.1. The quantitative estimate of drug-likeness (QED) is 0.902. The van der Waals surface area contributed by atoms with Crippen LogP contribution in [0.5, 0.6) is 0 Å². The highest BCUT2D eigenvalue weighted by atomic mass is 16.4. The van der Waals surface area contributed by atoms with Gasteiger partial charge >= 0.3 is 5.97 Å². The molecule has 108 valence electrons. The van der Waals surface area contributed by atoms with Crippen molar-refractivity contribution in [3.8, 4) is 0 Å². The summed E-state index contributed by atoms with van der Waals surface area (Å²) >= 11 is 0. The summed E-state index contributed by atoms with van der Waals surface area (Å²) in [6, 6.07) is 1.49. The molecule has 0 amide bonds. The van der Waals surface area contributed by atoms with Gasteiger partial charge in [0.15, 0.2) is 0 Å².